The minimum absolute atomic E-state index is 0.225. The van der Waals surface area contributed by atoms with Crippen molar-refractivity contribution in [3.05, 3.63) is 47.0 Å². The van der Waals surface area contributed by atoms with E-state index < -0.39 is 5.97 Å². The molecule has 1 saturated heterocycles. The summed E-state index contributed by atoms with van der Waals surface area (Å²) in [4.78, 5) is 14.5. The summed E-state index contributed by atoms with van der Waals surface area (Å²) in [6.07, 6.45) is 3.99. The third-order valence-corrected chi connectivity index (χ3v) is 4.97. The lowest BCUT2D eigenvalue weighted by molar-refractivity contribution is 0.0717. The highest BCUT2D eigenvalue weighted by Gasteiger charge is 2.30. The predicted molar refractivity (Wildman–Crippen MR) is 102 cm³/mol. The van der Waals surface area contributed by atoms with Gasteiger partial charge < -0.3 is 24.2 Å². The molecule has 0 aromatic heterocycles. The van der Waals surface area contributed by atoms with Gasteiger partial charge in [0.2, 0.25) is 0 Å². The van der Waals surface area contributed by atoms with Gasteiger partial charge in [-0.2, -0.15) is 0 Å². The number of phenolic OH excluding ortho intramolecular Hbond substituents is 1. The number of aromatic hydroxyl groups is 1. The monoisotopic (exact) mass is 367 g/mol. The molecule has 6 heteroatoms. The molecular formula is C21H21NO5. The Hall–Kier alpha value is -3.15. The Morgan fingerprint density at radius 2 is 1.74 bits per heavy atom. The van der Waals surface area contributed by atoms with E-state index in [0.717, 1.165) is 37.2 Å². The number of ether oxygens (including phenoxy) is 3. The summed E-state index contributed by atoms with van der Waals surface area (Å²) in [6, 6.07) is 8.74. The van der Waals surface area contributed by atoms with Crippen molar-refractivity contribution in [1.82, 2.24) is 0 Å². The number of rotatable bonds is 4. The smallest absolute Gasteiger partial charge is 0.344 e. The Balaban J connectivity index is 1.82. The molecule has 2 heterocycles. The highest BCUT2D eigenvalue weighted by atomic mass is 16.5. The van der Waals surface area contributed by atoms with Gasteiger partial charge >= 0.3 is 5.97 Å². The minimum atomic E-state index is -0.430. The van der Waals surface area contributed by atoms with Crippen LogP contribution < -0.4 is 14.4 Å². The largest absolute Gasteiger partial charge is 0.506 e. The number of hydrogen-bond acceptors (Lipinski definition) is 6. The lowest BCUT2D eigenvalue weighted by atomic mass is 10.0. The third kappa shape index (κ3) is 2.97. The molecule has 2 aromatic rings. The van der Waals surface area contributed by atoms with E-state index >= 15 is 0 Å². The van der Waals surface area contributed by atoms with Gasteiger partial charge in [-0.25, -0.2) is 4.79 Å². The molecule has 1 N–H and O–H groups in total. The molecule has 2 aromatic carbocycles. The van der Waals surface area contributed by atoms with Crippen LogP contribution in [0.4, 0.5) is 5.69 Å². The maximum atomic E-state index is 12.3. The van der Waals surface area contributed by atoms with Crippen LogP contribution in [0.3, 0.4) is 0 Å². The fraction of sp³-hybridized carbons (Fsp3) is 0.286. The van der Waals surface area contributed by atoms with Crippen molar-refractivity contribution in [2.75, 3.05) is 32.2 Å². The van der Waals surface area contributed by atoms with Crippen LogP contribution in [0.5, 0.6) is 17.2 Å². The van der Waals surface area contributed by atoms with Crippen LogP contribution in [0.25, 0.3) is 11.8 Å². The minimum Gasteiger partial charge on any atom is -0.506 e. The Morgan fingerprint density at radius 3 is 2.41 bits per heavy atom. The zero-order valence-corrected chi connectivity index (χ0v) is 15.3. The van der Waals surface area contributed by atoms with Gasteiger partial charge in [0.1, 0.15) is 11.5 Å². The van der Waals surface area contributed by atoms with E-state index in [1.807, 2.05) is 6.07 Å². The maximum absolute atomic E-state index is 12.3. The molecule has 0 atom stereocenters. The fourth-order valence-corrected chi connectivity index (χ4v) is 3.66. The predicted octanol–water partition coefficient (Wildman–Crippen LogP) is 3.68. The molecule has 0 bridgehead atoms. The average Bonchev–Trinajstić information content (AvgIpc) is 3.29. The molecule has 0 unspecified atom stereocenters. The number of nitrogens with zero attached hydrogens (tertiary/aromatic N) is 1. The van der Waals surface area contributed by atoms with Gasteiger partial charge in [-0.3, -0.25) is 0 Å². The average molecular weight is 367 g/mol. The molecule has 140 valence electrons. The van der Waals surface area contributed by atoms with Crippen molar-refractivity contribution in [3.63, 3.8) is 0 Å². The van der Waals surface area contributed by atoms with Crippen LogP contribution in [-0.2, 0) is 4.74 Å². The first kappa shape index (κ1) is 17.3. The number of esters is 1. The van der Waals surface area contributed by atoms with Crippen molar-refractivity contribution >= 4 is 23.5 Å². The zero-order chi connectivity index (χ0) is 19.0. The van der Waals surface area contributed by atoms with Crippen molar-refractivity contribution in [3.8, 4) is 17.2 Å². The maximum Gasteiger partial charge on any atom is 0.344 e. The molecular weight excluding hydrogens is 346 g/mol. The first-order chi connectivity index (χ1) is 13.1. The summed E-state index contributed by atoms with van der Waals surface area (Å²) in [5.74, 6) is 1.23. The van der Waals surface area contributed by atoms with Gasteiger partial charge in [-0.05, 0) is 37.1 Å². The number of hydrogen-bond donors (Lipinski definition) is 1. The van der Waals surface area contributed by atoms with E-state index in [1.54, 1.807) is 37.5 Å². The van der Waals surface area contributed by atoms with Crippen molar-refractivity contribution in [2.45, 2.75) is 12.8 Å². The van der Waals surface area contributed by atoms with Crippen LogP contribution in [0, 0.1) is 0 Å². The van der Waals surface area contributed by atoms with Gasteiger partial charge in [0, 0.05) is 24.2 Å². The van der Waals surface area contributed by atoms with Crippen molar-refractivity contribution in [2.24, 2.45) is 0 Å². The van der Waals surface area contributed by atoms with Crippen LogP contribution in [0.15, 0.2) is 30.3 Å². The standard InChI is InChI=1S/C21H21NO5/c1-25-18-11-14-15(12-19(18)26-2)21(24)27-17(14)10-13-6-5-7-16(23)20(13)22-8-3-4-9-22/h5-7,10-12,23H,3-4,8-9H2,1-2H3/b17-10-. The highest BCUT2D eigenvalue weighted by Crippen LogP contribution is 2.41. The first-order valence-electron chi connectivity index (χ1n) is 8.89. The Kier molecular flexibility index (Phi) is 4.39. The molecule has 4 rings (SSSR count). The van der Waals surface area contributed by atoms with E-state index in [2.05, 4.69) is 4.90 Å². The highest BCUT2D eigenvalue weighted by molar-refractivity contribution is 6.07. The van der Waals surface area contributed by atoms with Crippen molar-refractivity contribution in [1.29, 1.82) is 0 Å². The molecule has 2 aliphatic heterocycles. The second-order valence-electron chi connectivity index (χ2n) is 6.56. The van der Waals surface area contributed by atoms with Crippen molar-refractivity contribution < 1.29 is 24.1 Å². The number of cyclic esters (lactones) is 1. The lowest BCUT2D eigenvalue weighted by Crippen LogP contribution is -2.18. The molecule has 0 aliphatic carbocycles. The van der Waals surface area contributed by atoms with E-state index in [0.29, 0.717) is 28.4 Å². The Labute approximate surface area is 157 Å². The lowest BCUT2D eigenvalue weighted by Gasteiger charge is -2.21. The van der Waals surface area contributed by atoms with E-state index in [9.17, 15) is 9.90 Å². The third-order valence-electron chi connectivity index (χ3n) is 4.97. The fourth-order valence-electron chi connectivity index (χ4n) is 3.66. The Morgan fingerprint density at radius 1 is 1.07 bits per heavy atom. The molecule has 6 nitrogen and oxygen atoms in total. The van der Waals surface area contributed by atoms with Crippen LogP contribution in [0.1, 0.15) is 34.3 Å². The number of phenols is 1. The van der Waals surface area contributed by atoms with Gasteiger partial charge in [0.05, 0.1) is 25.5 Å². The number of carbonyl (C=O) groups is 1. The molecule has 0 amide bonds. The zero-order valence-electron chi connectivity index (χ0n) is 15.3. The van der Waals surface area contributed by atoms with E-state index in [1.165, 1.54) is 7.11 Å². The molecule has 0 radical (unpaired) electrons. The summed E-state index contributed by atoms with van der Waals surface area (Å²) < 4.78 is 16.1. The second-order valence-corrected chi connectivity index (χ2v) is 6.56. The topological polar surface area (TPSA) is 68.2 Å². The van der Waals surface area contributed by atoms with Gasteiger partial charge in [-0.15, -0.1) is 0 Å². The second kappa shape index (κ2) is 6.87. The summed E-state index contributed by atoms with van der Waals surface area (Å²) in [6.45, 7) is 1.80. The number of carbonyl (C=O) groups excluding carboxylic acids is 1. The number of para-hydroxylation sites is 1. The number of anilines is 1. The summed E-state index contributed by atoms with van der Waals surface area (Å²) >= 11 is 0. The summed E-state index contributed by atoms with van der Waals surface area (Å²) in [5, 5.41) is 10.4. The summed E-state index contributed by atoms with van der Waals surface area (Å²) in [7, 11) is 3.07. The Bertz CT molecular complexity index is 928. The molecule has 27 heavy (non-hydrogen) atoms. The van der Waals surface area contributed by atoms with Gasteiger partial charge in [-0.1, -0.05) is 12.1 Å². The molecule has 0 saturated carbocycles. The molecule has 2 aliphatic rings. The van der Waals surface area contributed by atoms with Crippen LogP contribution >= 0.6 is 0 Å². The molecule has 0 spiro atoms. The summed E-state index contributed by atoms with van der Waals surface area (Å²) in [5.41, 5.74) is 2.66. The normalized spacial score (nSPS) is 17.2. The molecule has 1 fully saturated rings. The number of methoxy groups -OCH3 is 2. The first-order valence-corrected chi connectivity index (χ1v) is 8.89. The van der Waals surface area contributed by atoms with Crippen LogP contribution in [0.2, 0.25) is 0 Å². The van der Waals surface area contributed by atoms with Crippen LogP contribution in [-0.4, -0.2) is 38.4 Å². The van der Waals surface area contributed by atoms with Gasteiger partial charge in [0.15, 0.2) is 11.5 Å². The SMILES string of the molecule is COc1cc2c(cc1OC)/C(=C/c1cccc(O)c1N1CCCC1)OC2=O. The number of benzene rings is 2. The van der Waals surface area contributed by atoms with E-state index in [-0.39, 0.29) is 5.75 Å². The quantitative estimate of drug-likeness (QED) is 0.832. The van der Waals surface area contributed by atoms with E-state index in [4.69, 9.17) is 14.2 Å². The van der Waals surface area contributed by atoms with Gasteiger partial charge in [0.25, 0.3) is 0 Å². The number of fused-ring (bicyclic) bond motifs is 1.